The quantitative estimate of drug-likeness (QED) is 0.203. The van der Waals surface area contributed by atoms with E-state index in [0.29, 0.717) is 33.7 Å². The molecule has 0 saturated heterocycles. The lowest BCUT2D eigenvalue weighted by molar-refractivity contribution is -0.137. The molecule has 1 atom stereocenters. The lowest BCUT2D eigenvalue weighted by Gasteiger charge is -2.21. The minimum Gasteiger partial charge on any atom is -0.385 e. The van der Waals surface area contributed by atoms with Crippen molar-refractivity contribution in [1.82, 2.24) is 19.8 Å². The summed E-state index contributed by atoms with van der Waals surface area (Å²) >= 11 is 0. The SMILES string of the molecule is CC(C)[C@H]1C(=O)Nc2ccc(NCCCN(C)C)cc2-c2nc3cc(C(=O)NCc4cccc(C(F)(F)F)c4)ccc3n21. The second-order valence-electron chi connectivity index (χ2n) is 11.4. The average molecular weight is 593 g/mol. The number of fused-ring (bicyclic) bond motifs is 5. The van der Waals surface area contributed by atoms with Crippen LogP contribution in [0.25, 0.3) is 22.4 Å². The van der Waals surface area contributed by atoms with Crippen LogP contribution in [-0.4, -0.2) is 53.5 Å². The highest BCUT2D eigenvalue weighted by molar-refractivity contribution is 6.03. The van der Waals surface area contributed by atoms with E-state index in [1.165, 1.54) is 12.1 Å². The number of nitrogens with zero attached hydrogens (tertiary/aromatic N) is 3. The Morgan fingerprint density at radius 1 is 1.09 bits per heavy atom. The highest BCUT2D eigenvalue weighted by Gasteiger charge is 2.34. The zero-order chi connectivity index (χ0) is 30.9. The van der Waals surface area contributed by atoms with E-state index in [-0.39, 0.29) is 18.4 Å². The lowest BCUT2D eigenvalue weighted by atomic mass is 10.0. The summed E-state index contributed by atoms with van der Waals surface area (Å²) in [4.78, 5) is 33.5. The van der Waals surface area contributed by atoms with Crippen molar-refractivity contribution >= 4 is 34.2 Å². The summed E-state index contributed by atoms with van der Waals surface area (Å²) < 4.78 is 41.2. The Morgan fingerprint density at radius 2 is 1.88 bits per heavy atom. The number of hydrogen-bond acceptors (Lipinski definition) is 5. The summed E-state index contributed by atoms with van der Waals surface area (Å²) in [7, 11) is 4.07. The van der Waals surface area contributed by atoms with E-state index >= 15 is 0 Å². The maximum Gasteiger partial charge on any atom is 0.416 e. The molecule has 1 aliphatic rings. The number of amides is 2. The summed E-state index contributed by atoms with van der Waals surface area (Å²) in [6.07, 6.45) is -3.50. The normalized spacial score (nSPS) is 14.8. The Balaban J connectivity index is 1.46. The number of benzene rings is 3. The fourth-order valence-electron chi connectivity index (χ4n) is 5.35. The summed E-state index contributed by atoms with van der Waals surface area (Å²) in [6, 6.07) is 15.2. The van der Waals surface area contributed by atoms with Crippen molar-refractivity contribution in [2.45, 2.75) is 39.0 Å². The lowest BCUT2D eigenvalue weighted by Crippen LogP contribution is -2.28. The Labute approximate surface area is 248 Å². The van der Waals surface area contributed by atoms with Crippen molar-refractivity contribution in [3.8, 4) is 11.4 Å². The van der Waals surface area contributed by atoms with Crippen molar-refractivity contribution in [2.75, 3.05) is 37.8 Å². The number of hydrogen-bond donors (Lipinski definition) is 3. The minimum atomic E-state index is -4.46. The fraction of sp³-hybridized carbons (Fsp3) is 0.344. The first-order valence-electron chi connectivity index (χ1n) is 14.2. The molecule has 0 spiro atoms. The monoisotopic (exact) mass is 592 g/mol. The fourth-order valence-corrected chi connectivity index (χ4v) is 5.35. The third-order valence-corrected chi connectivity index (χ3v) is 7.47. The summed E-state index contributed by atoms with van der Waals surface area (Å²) in [6.45, 7) is 5.63. The molecule has 0 fully saturated rings. The average Bonchev–Trinajstić information content (AvgIpc) is 3.26. The number of anilines is 2. The molecule has 3 N–H and O–H groups in total. The van der Waals surface area contributed by atoms with Crippen LogP contribution in [0.2, 0.25) is 0 Å². The van der Waals surface area contributed by atoms with Crippen molar-refractivity contribution in [2.24, 2.45) is 5.92 Å². The van der Waals surface area contributed by atoms with E-state index in [4.69, 9.17) is 4.98 Å². The van der Waals surface area contributed by atoms with Gasteiger partial charge in [-0.3, -0.25) is 9.59 Å². The van der Waals surface area contributed by atoms with Gasteiger partial charge in [0, 0.05) is 29.9 Å². The molecule has 2 amide bonds. The maximum absolute atomic E-state index is 13.4. The molecule has 0 saturated carbocycles. The summed E-state index contributed by atoms with van der Waals surface area (Å²) in [5.41, 5.74) is 3.46. The van der Waals surface area contributed by atoms with Gasteiger partial charge in [-0.1, -0.05) is 26.0 Å². The van der Waals surface area contributed by atoms with Gasteiger partial charge in [0.1, 0.15) is 11.9 Å². The van der Waals surface area contributed by atoms with Crippen LogP contribution in [-0.2, 0) is 17.5 Å². The molecule has 1 aliphatic heterocycles. The second-order valence-corrected chi connectivity index (χ2v) is 11.4. The Kier molecular flexibility index (Phi) is 8.45. The predicted molar refractivity (Wildman–Crippen MR) is 162 cm³/mol. The van der Waals surface area contributed by atoms with Crippen LogP contribution in [0.15, 0.2) is 60.7 Å². The molecule has 4 aromatic rings. The Bertz CT molecular complexity index is 1660. The number of carbonyl (C=O) groups is 2. The smallest absolute Gasteiger partial charge is 0.385 e. The Morgan fingerprint density at radius 3 is 2.60 bits per heavy atom. The molecule has 1 aromatic heterocycles. The van der Waals surface area contributed by atoms with E-state index in [1.807, 2.05) is 50.7 Å². The summed E-state index contributed by atoms with van der Waals surface area (Å²) in [5.74, 6) is -0.0285. The van der Waals surface area contributed by atoms with E-state index in [0.717, 1.165) is 42.9 Å². The standard InChI is InChI=1S/C32H35F3N6O2/c1-19(2)28-31(43)39-25-11-10-23(36-13-6-14-40(3)4)17-24(25)29-38-26-16-21(9-12-27(26)41(28)29)30(42)37-18-20-7-5-8-22(15-20)32(33,34)35/h5,7-12,15-17,19,28,36H,6,13-14,18H2,1-4H3,(H,37,42)(H,39,43)/t28-/m0/s1. The Hall–Kier alpha value is -4.38. The number of carbonyl (C=O) groups excluding carboxylic acids is 2. The van der Waals surface area contributed by atoms with Gasteiger partial charge < -0.3 is 25.4 Å². The van der Waals surface area contributed by atoms with Gasteiger partial charge in [-0.15, -0.1) is 0 Å². The third-order valence-electron chi connectivity index (χ3n) is 7.47. The number of alkyl halides is 3. The molecule has 0 bridgehead atoms. The molecule has 2 heterocycles. The zero-order valence-electron chi connectivity index (χ0n) is 24.5. The molecule has 8 nitrogen and oxygen atoms in total. The topological polar surface area (TPSA) is 91.3 Å². The molecule has 226 valence electrons. The van der Waals surface area contributed by atoms with Crippen molar-refractivity contribution in [3.05, 3.63) is 77.4 Å². The van der Waals surface area contributed by atoms with Crippen LogP contribution < -0.4 is 16.0 Å². The van der Waals surface area contributed by atoms with E-state index in [2.05, 4.69) is 20.9 Å². The molecule has 0 radical (unpaired) electrons. The van der Waals surface area contributed by atoms with E-state index in [1.54, 1.807) is 18.2 Å². The predicted octanol–water partition coefficient (Wildman–Crippen LogP) is 6.16. The van der Waals surface area contributed by atoms with E-state index in [9.17, 15) is 22.8 Å². The number of imidazole rings is 1. The van der Waals surface area contributed by atoms with Crippen LogP contribution in [0.3, 0.4) is 0 Å². The van der Waals surface area contributed by atoms with Crippen molar-refractivity contribution < 1.29 is 22.8 Å². The molecule has 0 aliphatic carbocycles. The van der Waals surface area contributed by atoms with Crippen LogP contribution in [0, 0.1) is 5.92 Å². The first-order valence-corrected chi connectivity index (χ1v) is 14.2. The highest BCUT2D eigenvalue weighted by Crippen LogP contribution is 2.40. The van der Waals surface area contributed by atoms with Gasteiger partial charge in [0.2, 0.25) is 5.91 Å². The molecule has 0 unspecified atom stereocenters. The van der Waals surface area contributed by atoms with Crippen LogP contribution in [0.1, 0.15) is 47.8 Å². The number of rotatable bonds is 9. The molecule has 3 aromatic carbocycles. The first-order chi connectivity index (χ1) is 20.4. The highest BCUT2D eigenvalue weighted by atomic mass is 19.4. The number of nitrogens with one attached hydrogen (secondary N) is 3. The van der Waals surface area contributed by atoms with Gasteiger partial charge in [0.25, 0.3) is 5.91 Å². The second kappa shape index (κ2) is 12.1. The van der Waals surface area contributed by atoms with Gasteiger partial charge in [-0.2, -0.15) is 13.2 Å². The zero-order valence-corrected chi connectivity index (χ0v) is 24.5. The van der Waals surface area contributed by atoms with E-state index < -0.39 is 23.7 Å². The number of aromatic nitrogens is 2. The van der Waals surface area contributed by atoms with Gasteiger partial charge in [0.15, 0.2) is 0 Å². The molecular weight excluding hydrogens is 557 g/mol. The number of halogens is 3. The maximum atomic E-state index is 13.4. The van der Waals surface area contributed by atoms with Gasteiger partial charge >= 0.3 is 6.18 Å². The summed E-state index contributed by atoms with van der Waals surface area (Å²) in [5, 5.41) is 9.22. The van der Waals surface area contributed by atoms with Gasteiger partial charge in [-0.25, -0.2) is 4.98 Å². The van der Waals surface area contributed by atoms with Gasteiger partial charge in [0.05, 0.1) is 22.3 Å². The molecule has 5 rings (SSSR count). The molecule has 43 heavy (non-hydrogen) atoms. The first kappa shape index (κ1) is 30.1. The van der Waals surface area contributed by atoms with Crippen molar-refractivity contribution in [3.63, 3.8) is 0 Å². The van der Waals surface area contributed by atoms with Crippen LogP contribution in [0.5, 0.6) is 0 Å². The van der Waals surface area contributed by atoms with Crippen molar-refractivity contribution in [1.29, 1.82) is 0 Å². The van der Waals surface area contributed by atoms with Crippen LogP contribution >= 0.6 is 0 Å². The molecular formula is C32H35F3N6O2. The minimum absolute atomic E-state index is 0.0514. The third kappa shape index (κ3) is 6.51. The van der Waals surface area contributed by atoms with Gasteiger partial charge in [-0.05, 0) is 87.1 Å². The van der Waals surface area contributed by atoms with Crippen LogP contribution in [0.4, 0.5) is 24.5 Å². The molecule has 11 heteroatoms. The largest absolute Gasteiger partial charge is 0.416 e.